The van der Waals surface area contributed by atoms with E-state index < -0.39 is 0 Å². The lowest BCUT2D eigenvalue weighted by Crippen LogP contribution is -2.39. The number of nitrogens with zero attached hydrogens (tertiary/aromatic N) is 3. The van der Waals surface area contributed by atoms with E-state index in [-0.39, 0.29) is 5.82 Å². The van der Waals surface area contributed by atoms with Crippen molar-refractivity contribution < 1.29 is 4.39 Å². The Morgan fingerprint density at radius 1 is 1.37 bits per heavy atom. The van der Waals surface area contributed by atoms with Gasteiger partial charge in [-0.25, -0.2) is 4.39 Å². The second-order valence-corrected chi connectivity index (χ2v) is 5.09. The van der Waals surface area contributed by atoms with Crippen LogP contribution in [0.5, 0.6) is 0 Å². The lowest BCUT2D eigenvalue weighted by molar-refractivity contribution is 0.172. The molecule has 1 aromatic rings. The molecule has 1 aromatic carbocycles. The number of rotatable bonds is 6. The molecule has 19 heavy (non-hydrogen) atoms. The van der Waals surface area contributed by atoms with Crippen LogP contribution >= 0.6 is 0 Å². The van der Waals surface area contributed by atoms with E-state index in [1.165, 1.54) is 6.07 Å². The van der Waals surface area contributed by atoms with Gasteiger partial charge in [0.1, 0.15) is 5.82 Å². The first-order chi connectivity index (χ1) is 8.97. The number of nitriles is 1. The standard InChI is InChI=1S/C15H22FN3/c1-5-19(12(2)10-18(3)4)11-14-7-6-13(9-17)8-15(14)16/h6-8,12H,5,10-11H2,1-4H3. The fraction of sp³-hybridized carbons (Fsp3) is 0.533. The molecule has 3 nitrogen and oxygen atoms in total. The fourth-order valence-corrected chi connectivity index (χ4v) is 2.19. The predicted octanol–water partition coefficient (Wildman–Crippen LogP) is 2.47. The topological polar surface area (TPSA) is 30.3 Å². The van der Waals surface area contributed by atoms with Gasteiger partial charge in [-0.3, -0.25) is 4.90 Å². The Labute approximate surface area is 115 Å². The molecule has 0 aliphatic carbocycles. The van der Waals surface area contributed by atoms with E-state index in [0.29, 0.717) is 23.7 Å². The third-order valence-electron chi connectivity index (χ3n) is 3.21. The van der Waals surface area contributed by atoms with Crippen LogP contribution in [0.25, 0.3) is 0 Å². The van der Waals surface area contributed by atoms with Crippen molar-refractivity contribution in [2.75, 3.05) is 27.2 Å². The molecule has 0 fully saturated rings. The lowest BCUT2D eigenvalue weighted by atomic mass is 10.1. The van der Waals surface area contributed by atoms with E-state index in [1.54, 1.807) is 12.1 Å². The monoisotopic (exact) mass is 263 g/mol. The van der Waals surface area contributed by atoms with E-state index >= 15 is 0 Å². The van der Waals surface area contributed by atoms with E-state index in [0.717, 1.165) is 13.1 Å². The van der Waals surface area contributed by atoms with Gasteiger partial charge in [-0.05, 0) is 39.7 Å². The van der Waals surface area contributed by atoms with Crippen molar-refractivity contribution in [2.24, 2.45) is 0 Å². The summed E-state index contributed by atoms with van der Waals surface area (Å²) < 4.78 is 13.9. The molecule has 0 amide bonds. The predicted molar refractivity (Wildman–Crippen MR) is 75.2 cm³/mol. The van der Waals surface area contributed by atoms with Gasteiger partial charge in [-0.15, -0.1) is 0 Å². The van der Waals surface area contributed by atoms with Gasteiger partial charge in [0.25, 0.3) is 0 Å². The van der Waals surface area contributed by atoms with Crippen molar-refractivity contribution >= 4 is 0 Å². The van der Waals surface area contributed by atoms with Crippen molar-refractivity contribution in [2.45, 2.75) is 26.4 Å². The van der Waals surface area contributed by atoms with Crippen molar-refractivity contribution in [3.63, 3.8) is 0 Å². The van der Waals surface area contributed by atoms with Crippen molar-refractivity contribution in [3.8, 4) is 6.07 Å². The first kappa shape index (κ1) is 15.6. The van der Waals surface area contributed by atoms with Gasteiger partial charge in [0.15, 0.2) is 0 Å². The molecule has 0 spiro atoms. The lowest BCUT2D eigenvalue weighted by Gasteiger charge is -2.30. The smallest absolute Gasteiger partial charge is 0.129 e. The molecule has 0 heterocycles. The van der Waals surface area contributed by atoms with Crippen LogP contribution < -0.4 is 0 Å². The van der Waals surface area contributed by atoms with Crippen LogP contribution in [0.4, 0.5) is 4.39 Å². The molecule has 1 unspecified atom stereocenters. The fourth-order valence-electron chi connectivity index (χ4n) is 2.19. The van der Waals surface area contributed by atoms with Gasteiger partial charge in [-0.1, -0.05) is 13.0 Å². The minimum atomic E-state index is -0.297. The summed E-state index contributed by atoms with van der Waals surface area (Å²) in [4.78, 5) is 4.35. The maximum Gasteiger partial charge on any atom is 0.129 e. The van der Waals surface area contributed by atoms with Gasteiger partial charge in [0, 0.05) is 24.7 Å². The van der Waals surface area contributed by atoms with Crippen LogP contribution in [0.3, 0.4) is 0 Å². The molecule has 1 rings (SSSR count). The average molecular weight is 263 g/mol. The molecule has 0 saturated carbocycles. The number of hydrogen-bond acceptors (Lipinski definition) is 3. The maximum absolute atomic E-state index is 13.9. The van der Waals surface area contributed by atoms with Crippen LogP contribution in [0, 0.1) is 17.1 Å². The van der Waals surface area contributed by atoms with E-state index in [2.05, 4.69) is 23.6 Å². The van der Waals surface area contributed by atoms with E-state index in [1.807, 2.05) is 20.2 Å². The van der Waals surface area contributed by atoms with Crippen molar-refractivity contribution in [1.82, 2.24) is 9.80 Å². The molecule has 0 saturated heterocycles. The minimum Gasteiger partial charge on any atom is -0.308 e. The summed E-state index contributed by atoms with van der Waals surface area (Å²) in [6.07, 6.45) is 0. The molecule has 0 aliphatic heterocycles. The van der Waals surface area contributed by atoms with Gasteiger partial charge in [0.05, 0.1) is 11.6 Å². The normalized spacial score (nSPS) is 12.7. The second-order valence-electron chi connectivity index (χ2n) is 5.09. The van der Waals surface area contributed by atoms with Gasteiger partial charge < -0.3 is 4.90 Å². The van der Waals surface area contributed by atoms with Gasteiger partial charge in [0.2, 0.25) is 0 Å². The van der Waals surface area contributed by atoms with Crippen LogP contribution in [0.2, 0.25) is 0 Å². The first-order valence-corrected chi connectivity index (χ1v) is 6.55. The Bertz CT molecular complexity index is 451. The highest BCUT2D eigenvalue weighted by Crippen LogP contribution is 2.14. The van der Waals surface area contributed by atoms with Crippen LogP contribution in [0.1, 0.15) is 25.0 Å². The molecule has 0 N–H and O–H groups in total. The Morgan fingerprint density at radius 3 is 2.53 bits per heavy atom. The molecule has 0 bridgehead atoms. The Kier molecular flexibility index (Phi) is 5.94. The van der Waals surface area contributed by atoms with Gasteiger partial charge >= 0.3 is 0 Å². The Morgan fingerprint density at radius 2 is 2.05 bits per heavy atom. The van der Waals surface area contributed by atoms with Gasteiger partial charge in [-0.2, -0.15) is 5.26 Å². The third-order valence-corrected chi connectivity index (χ3v) is 3.21. The molecule has 1 atom stereocenters. The molecule has 0 aromatic heterocycles. The Balaban J connectivity index is 2.78. The van der Waals surface area contributed by atoms with E-state index in [9.17, 15) is 4.39 Å². The number of halogens is 1. The second kappa shape index (κ2) is 7.22. The first-order valence-electron chi connectivity index (χ1n) is 6.55. The highest BCUT2D eigenvalue weighted by atomic mass is 19.1. The highest BCUT2D eigenvalue weighted by Gasteiger charge is 2.15. The summed E-state index contributed by atoms with van der Waals surface area (Å²) in [5, 5.41) is 8.74. The summed E-state index contributed by atoms with van der Waals surface area (Å²) in [6, 6.07) is 6.99. The molecule has 0 radical (unpaired) electrons. The molecule has 4 heteroatoms. The zero-order valence-corrected chi connectivity index (χ0v) is 12.2. The van der Waals surface area contributed by atoms with E-state index in [4.69, 9.17) is 5.26 Å². The number of hydrogen-bond donors (Lipinski definition) is 0. The Hall–Kier alpha value is -1.44. The zero-order valence-electron chi connectivity index (χ0n) is 12.2. The number of benzene rings is 1. The molecular weight excluding hydrogens is 241 g/mol. The summed E-state index contributed by atoms with van der Waals surface area (Å²) in [6.45, 7) is 6.60. The molecular formula is C15H22FN3. The summed E-state index contributed by atoms with van der Waals surface area (Å²) in [5.74, 6) is -0.297. The van der Waals surface area contributed by atoms with Crippen LogP contribution in [0.15, 0.2) is 18.2 Å². The summed E-state index contributed by atoms with van der Waals surface area (Å²) in [7, 11) is 4.07. The highest BCUT2D eigenvalue weighted by molar-refractivity contribution is 5.32. The quantitative estimate of drug-likeness (QED) is 0.790. The number of likely N-dealkylation sites (N-methyl/N-ethyl adjacent to an activating group) is 2. The van der Waals surface area contributed by atoms with Crippen LogP contribution in [-0.4, -0.2) is 43.0 Å². The third kappa shape index (κ3) is 4.62. The zero-order chi connectivity index (χ0) is 14.4. The average Bonchev–Trinajstić information content (AvgIpc) is 2.36. The molecule has 0 aliphatic rings. The summed E-state index contributed by atoms with van der Waals surface area (Å²) >= 11 is 0. The maximum atomic E-state index is 13.9. The SMILES string of the molecule is CCN(Cc1ccc(C#N)cc1F)C(C)CN(C)C. The molecule has 104 valence electrons. The van der Waals surface area contributed by atoms with Crippen molar-refractivity contribution in [3.05, 3.63) is 35.1 Å². The van der Waals surface area contributed by atoms with Crippen molar-refractivity contribution in [1.29, 1.82) is 5.26 Å². The minimum absolute atomic E-state index is 0.297. The summed E-state index contributed by atoms with van der Waals surface area (Å²) in [5.41, 5.74) is 1.01. The van der Waals surface area contributed by atoms with Crippen LogP contribution in [-0.2, 0) is 6.54 Å². The largest absolute Gasteiger partial charge is 0.308 e.